The smallest absolute Gasteiger partial charge is 0.243 e. The van der Waals surface area contributed by atoms with Gasteiger partial charge >= 0.3 is 0 Å². The van der Waals surface area contributed by atoms with Crippen molar-refractivity contribution in [2.45, 2.75) is 32.7 Å². The van der Waals surface area contributed by atoms with Crippen molar-refractivity contribution < 1.29 is 18.0 Å². The van der Waals surface area contributed by atoms with Gasteiger partial charge in [-0.15, -0.1) is 21.8 Å². The zero-order chi connectivity index (χ0) is 20.9. The van der Waals surface area contributed by atoms with E-state index < -0.39 is 41.6 Å². The molecule has 1 aliphatic carbocycles. The van der Waals surface area contributed by atoms with Crippen molar-refractivity contribution in [2.24, 2.45) is 0 Å². The Morgan fingerprint density at radius 3 is 2.66 bits per heavy atom. The molecule has 1 amide bonds. The highest BCUT2D eigenvalue weighted by Crippen LogP contribution is 2.34. The van der Waals surface area contributed by atoms with E-state index in [0.717, 1.165) is 27.6 Å². The third-order valence-electron chi connectivity index (χ3n) is 5.15. The number of anilines is 1. The predicted octanol–water partition coefficient (Wildman–Crippen LogP) is 3.76. The van der Waals surface area contributed by atoms with Crippen LogP contribution in [0.15, 0.2) is 6.33 Å². The fourth-order valence-corrected chi connectivity index (χ4v) is 4.07. The Hall–Kier alpha value is -2.39. The summed E-state index contributed by atoms with van der Waals surface area (Å²) in [5.74, 6) is -4.76. The van der Waals surface area contributed by atoms with Crippen molar-refractivity contribution in [1.82, 2.24) is 19.6 Å². The number of carbonyl (C=O) groups excluding carboxylic acids is 1. The van der Waals surface area contributed by atoms with Crippen molar-refractivity contribution in [2.75, 3.05) is 10.8 Å². The number of halogens is 5. The molecule has 11 heteroatoms. The average molecular weight is 444 g/mol. The summed E-state index contributed by atoms with van der Waals surface area (Å²) >= 11 is 11.7. The Kier molecular flexibility index (Phi) is 5.12. The second kappa shape index (κ2) is 7.46. The first-order chi connectivity index (χ1) is 13.8. The largest absolute Gasteiger partial charge is 0.288 e. The van der Waals surface area contributed by atoms with Gasteiger partial charge in [0.25, 0.3) is 0 Å². The molecule has 0 unspecified atom stereocenters. The highest BCUT2D eigenvalue weighted by Gasteiger charge is 2.30. The minimum absolute atomic E-state index is 0.0160. The van der Waals surface area contributed by atoms with E-state index in [2.05, 4.69) is 15.2 Å². The van der Waals surface area contributed by atoms with Crippen molar-refractivity contribution >= 4 is 40.6 Å². The van der Waals surface area contributed by atoms with Crippen LogP contribution in [0.4, 0.5) is 19.0 Å². The molecule has 4 rings (SSSR count). The maximum absolute atomic E-state index is 15.0. The number of carbonyl (C=O) groups is 1. The van der Waals surface area contributed by atoms with Gasteiger partial charge < -0.3 is 0 Å². The maximum atomic E-state index is 15.0. The second-order valence-corrected chi connectivity index (χ2v) is 7.30. The van der Waals surface area contributed by atoms with Crippen molar-refractivity contribution in [3.8, 4) is 0 Å². The standard InChI is InChI=1S/C18H14Cl2F3N5O/c1-8-9-3-2-4-10(9)11(14(22)13(8)21)6-27(12(29)5-19)16-15(23)17-26-24-7-28(17)18(20)25-16/h7H,2-6H2,1H3. The highest BCUT2D eigenvalue weighted by molar-refractivity contribution is 6.30. The monoisotopic (exact) mass is 443 g/mol. The number of aromatic nitrogens is 4. The highest BCUT2D eigenvalue weighted by atomic mass is 35.5. The zero-order valence-electron chi connectivity index (χ0n) is 15.1. The van der Waals surface area contributed by atoms with Crippen LogP contribution in [0.25, 0.3) is 5.65 Å². The first-order valence-electron chi connectivity index (χ1n) is 8.74. The molecule has 0 saturated heterocycles. The molecule has 1 aromatic carbocycles. The van der Waals surface area contributed by atoms with Gasteiger partial charge in [-0.1, -0.05) is 0 Å². The lowest BCUT2D eigenvalue weighted by Gasteiger charge is -2.24. The van der Waals surface area contributed by atoms with Gasteiger partial charge in [0.1, 0.15) is 12.2 Å². The normalized spacial score (nSPS) is 13.2. The Morgan fingerprint density at radius 1 is 1.21 bits per heavy atom. The second-order valence-electron chi connectivity index (χ2n) is 6.70. The van der Waals surface area contributed by atoms with Crippen LogP contribution in [0.5, 0.6) is 0 Å². The lowest BCUT2D eigenvalue weighted by Crippen LogP contribution is -2.34. The van der Waals surface area contributed by atoms with Crippen molar-refractivity contribution in [1.29, 1.82) is 0 Å². The van der Waals surface area contributed by atoms with E-state index in [1.165, 1.54) is 6.92 Å². The molecular formula is C18H14Cl2F3N5O. The number of rotatable bonds is 4. The number of amides is 1. The lowest BCUT2D eigenvalue weighted by atomic mass is 9.97. The van der Waals surface area contributed by atoms with E-state index in [-0.39, 0.29) is 22.1 Å². The van der Waals surface area contributed by atoms with Crippen LogP contribution in [0.3, 0.4) is 0 Å². The summed E-state index contributed by atoms with van der Waals surface area (Å²) < 4.78 is 45.4. The van der Waals surface area contributed by atoms with E-state index in [4.69, 9.17) is 23.2 Å². The zero-order valence-corrected chi connectivity index (χ0v) is 16.7. The number of alkyl halides is 1. The van der Waals surface area contributed by atoms with Gasteiger partial charge in [-0.25, -0.2) is 8.78 Å². The van der Waals surface area contributed by atoms with Gasteiger partial charge in [0.15, 0.2) is 17.5 Å². The molecular weight excluding hydrogens is 430 g/mol. The molecule has 0 bridgehead atoms. The molecule has 0 aliphatic heterocycles. The number of fused-ring (bicyclic) bond motifs is 2. The Balaban J connectivity index is 1.88. The molecule has 2 aromatic heterocycles. The van der Waals surface area contributed by atoms with Gasteiger partial charge in [-0.3, -0.25) is 14.1 Å². The Bertz CT molecular complexity index is 1150. The summed E-state index contributed by atoms with van der Waals surface area (Å²) in [5, 5.41) is 6.99. The van der Waals surface area contributed by atoms with E-state index in [1.54, 1.807) is 0 Å². The molecule has 6 nitrogen and oxygen atoms in total. The summed E-state index contributed by atoms with van der Waals surface area (Å²) in [5.41, 5.74) is 1.33. The van der Waals surface area contributed by atoms with Crippen LogP contribution in [-0.4, -0.2) is 31.4 Å². The first-order valence-corrected chi connectivity index (χ1v) is 9.65. The quantitative estimate of drug-likeness (QED) is 0.454. The molecule has 2 heterocycles. The topological polar surface area (TPSA) is 63.4 Å². The average Bonchev–Trinajstić information content (AvgIpc) is 3.39. The summed E-state index contributed by atoms with van der Waals surface area (Å²) in [4.78, 5) is 17.3. The fourth-order valence-electron chi connectivity index (χ4n) is 3.72. The minimum Gasteiger partial charge on any atom is -0.288 e. The molecule has 0 radical (unpaired) electrons. The van der Waals surface area contributed by atoms with E-state index in [1.807, 2.05) is 0 Å². The number of hydrogen-bond donors (Lipinski definition) is 0. The number of benzene rings is 1. The molecule has 0 spiro atoms. The minimum atomic E-state index is -1.06. The van der Waals surface area contributed by atoms with Crippen molar-refractivity contribution in [3.05, 3.63) is 51.3 Å². The molecule has 1 aliphatic rings. The molecule has 29 heavy (non-hydrogen) atoms. The van der Waals surface area contributed by atoms with Gasteiger partial charge in [0.05, 0.1) is 6.54 Å². The summed E-state index contributed by atoms with van der Waals surface area (Å²) in [6.07, 6.45) is 3.04. The Labute approximate surface area is 173 Å². The van der Waals surface area contributed by atoms with Crippen LogP contribution in [0.1, 0.15) is 28.7 Å². The van der Waals surface area contributed by atoms with Gasteiger partial charge in [0, 0.05) is 5.56 Å². The summed E-state index contributed by atoms with van der Waals surface area (Å²) in [7, 11) is 0. The van der Waals surface area contributed by atoms with E-state index in [9.17, 15) is 13.6 Å². The van der Waals surface area contributed by atoms with Crippen LogP contribution >= 0.6 is 23.2 Å². The predicted molar refractivity (Wildman–Crippen MR) is 101 cm³/mol. The van der Waals surface area contributed by atoms with Crippen LogP contribution in [0, 0.1) is 24.4 Å². The molecule has 0 atom stereocenters. The molecule has 3 aromatic rings. The SMILES string of the molecule is Cc1c(F)c(F)c(CN(C(=O)CCl)c2nc(Cl)n3cnnc3c2F)c2c1CCC2. The molecule has 152 valence electrons. The van der Waals surface area contributed by atoms with Crippen LogP contribution in [0.2, 0.25) is 5.28 Å². The number of hydrogen-bond acceptors (Lipinski definition) is 4. The third kappa shape index (κ3) is 3.12. The summed E-state index contributed by atoms with van der Waals surface area (Å²) in [6.45, 7) is 1.08. The van der Waals surface area contributed by atoms with Gasteiger partial charge in [-0.05, 0) is 54.5 Å². The van der Waals surface area contributed by atoms with Crippen molar-refractivity contribution in [3.63, 3.8) is 0 Å². The number of nitrogens with zero attached hydrogens (tertiary/aromatic N) is 5. The summed E-state index contributed by atoms with van der Waals surface area (Å²) in [6, 6.07) is 0. The van der Waals surface area contributed by atoms with Gasteiger partial charge in [0.2, 0.25) is 22.7 Å². The van der Waals surface area contributed by atoms with Gasteiger partial charge in [-0.2, -0.15) is 9.37 Å². The Morgan fingerprint density at radius 2 is 1.93 bits per heavy atom. The van der Waals surface area contributed by atoms with Crippen LogP contribution < -0.4 is 4.90 Å². The lowest BCUT2D eigenvalue weighted by molar-refractivity contribution is -0.116. The molecule has 0 saturated carbocycles. The first kappa shape index (κ1) is 19.9. The van der Waals surface area contributed by atoms with E-state index in [0.29, 0.717) is 18.4 Å². The fraction of sp³-hybridized carbons (Fsp3) is 0.333. The van der Waals surface area contributed by atoms with Crippen LogP contribution in [-0.2, 0) is 24.2 Å². The molecule has 0 N–H and O–H groups in total. The maximum Gasteiger partial charge on any atom is 0.243 e. The third-order valence-corrected chi connectivity index (χ3v) is 5.64. The molecule has 0 fully saturated rings. The van der Waals surface area contributed by atoms with E-state index >= 15 is 4.39 Å².